The molecule has 2 rings (SSSR count). The van der Waals surface area contributed by atoms with E-state index in [9.17, 15) is 4.79 Å². The maximum absolute atomic E-state index is 12.2. The highest BCUT2D eigenvalue weighted by Gasteiger charge is 2.32. The lowest BCUT2D eigenvalue weighted by Crippen LogP contribution is -2.48. The van der Waals surface area contributed by atoms with Crippen molar-refractivity contribution in [2.24, 2.45) is 11.7 Å². The second kappa shape index (κ2) is 6.97. The van der Waals surface area contributed by atoms with Crippen molar-refractivity contribution in [3.05, 3.63) is 0 Å². The first-order valence-corrected chi connectivity index (χ1v) is 8.34. The van der Waals surface area contributed by atoms with Crippen LogP contribution >= 0.6 is 0 Å². The van der Waals surface area contributed by atoms with Crippen molar-refractivity contribution in [1.82, 2.24) is 10.2 Å². The summed E-state index contributed by atoms with van der Waals surface area (Å²) >= 11 is 0. The number of rotatable bonds is 3. The molecule has 5 heteroatoms. The molecule has 1 aliphatic carbocycles. The Balaban J connectivity index is 1.78. The second-order valence-corrected chi connectivity index (χ2v) is 7.52. The molecule has 0 aromatic heterocycles. The molecule has 1 saturated heterocycles. The quantitative estimate of drug-likeness (QED) is 0.839. The fourth-order valence-electron chi connectivity index (χ4n) is 3.21. The van der Waals surface area contributed by atoms with E-state index >= 15 is 0 Å². The number of ether oxygens (including phenoxy) is 1. The number of hydrogen-bond acceptors (Lipinski definition) is 4. The van der Waals surface area contributed by atoms with Gasteiger partial charge in [0.25, 0.3) is 0 Å². The highest BCUT2D eigenvalue weighted by molar-refractivity contribution is 5.68. The topological polar surface area (TPSA) is 67.6 Å². The summed E-state index contributed by atoms with van der Waals surface area (Å²) in [5.74, 6) is 0.700. The lowest BCUT2D eigenvalue weighted by molar-refractivity contribution is 0.0195. The molecule has 0 aromatic rings. The molecule has 3 N–H and O–H groups in total. The molecule has 2 fully saturated rings. The highest BCUT2D eigenvalue weighted by atomic mass is 16.6. The van der Waals surface area contributed by atoms with E-state index in [1.807, 2.05) is 25.7 Å². The zero-order valence-electron chi connectivity index (χ0n) is 13.7. The first-order valence-electron chi connectivity index (χ1n) is 8.34. The van der Waals surface area contributed by atoms with E-state index in [4.69, 9.17) is 10.5 Å². The number of hydrogen-bond donors (Lipinski definition) is 2. The largest absolute Gasteiger partial charge is 0.444 e. The average Bonchev–Trinajstić information content (AvgIpc) is 2.84. The van der Waals surface area contributed by atoms with Gasteiger partial charge >= 0.3 is 6.09 Å². The predicted octanol–water partition coefficient (Wildman–Crippen LogP) is 2.45. The van der Waals surface area contributed by atoms with Crippen molar-refractivity contribution < 1.29 is 9.53 Å². The van der Waals surface area contributed by atoms with Gasteiger partial charge in [-0.1, -0.05) is 0 Å². The molecule has 2 aliphatic rings. The van der Waals surface area contributed by atoms with Gasteiger partial charge in [0.2, 0.25) is 0 Å². The zero-order valence-corrected chi connectivity index (χ0v) is 13.7. The smallest absolute Gasteiger partial charge is 0.411 e. The Morgan fingerprint density at radius 2 is 1.90 bits per heavy atom. The fraction of sp³-hybridized carbons (Fsp3) is 0.938. The Labute approximate surface area is 128 Å². The van der Waals surface area contributed by atoms with Crippen molar-refractivity contribution in [3.63, 3.8) is 0 Å². The predicted molar refractivity (Wildman–Crippen MR) is 83.9 cm³/mol. The average molecular weight is 297 g/mol. The third-order valence-corrected chi connectivity index (χ3v) is 4.41. The Kier molecular flexibility index (Phi) is 5.49. The first-order chi connectivity index (χ1) is 9.85. The van der Waals surface area contributed by atoms with E-state index < -0.39 is 5.60 Å². The number of amides is 1. The molecule has 1 amide bonds. The number of carbonyl (C=O) groups excluding carboxylic acids is 1. The van der Waals surface area contributed by atoms with Crippen molar-refractivity contribution >= 4 is 6.09 Å². The van der Waals surface area contributed by atoms with Gasteiger partial charge in [-0.25, -0.2) is 4.79 Å². The highest BCUT2D eigenvalue weighted by Crippen LogP contribution is 2.24. The summed E-state index contributed by atoms with van der Waals surface area (Å²) in [6, 6.07) is 0.394. The monoisotopic (exact) mass is 297 g/mol. The normalized spacial score (nSPS) is 30.5. The molecule has 1 atom stereocenters. The first kappa shape index (κ1) is 16.6. The van der Waals surface area contributed by atoms with Crippen LogP contribution in [-0.4, -0.2) is 41.9 Å². The number of likely N-dealkylation sites (tertiary alicyclic amines) is 1. The third kappa shape index (κ3) is 5.15. The van der Waals surface area contributed by atoms with Crippen LogP contribution < -0.4 is 11.1 Å². The minimum atomic E-state index is -0.427. The van der Waals surface area contributed by atoms with Crippen molar-refractivity contribution in [2.45, 2.75) is 77.1 Å². The van der Waals surface area contributed by atoms with Gasteiger partial charge in [0.1, 0.15) is 5.60 Å². The van der Waals surface area contributed by atoms with Crippen molar-refractivity contribution in [1.29, 1.82) is 0 Å². The molecule has 0 radical (unpaired) electrons. The molecule has 0 spiro atoms. The lowest BCUT2D eigenvalue weighted by Gasteiger charge is -2.31. The molecule has 122 valence electrons. The molecule has 5 nitrogen and oxygen atoms in total. The molecule has 0 bridgehead atoms. The van der Waals surface area contributed by atoms with Crippen LogP contribution in [0.4, 0.5) is 4.79 Å². The standard InChI is InChI=1S/C16H31N3O2/c1-16(2,3)21-15(20)19-10-4-5-14(19)18-11-12-6-8-13(17)9-7-12/h12-14,18H,4-11,17H2,1-3H3. The van der Waals surface area contributed by atoms with Gasteiger partial charge in [-0.05, 0) is 71.8 Å². The Bertz CT molecular complexity index is 346. The Hall–Kier alpha value is -0.810. The summed E-state index contributed by atoms with van der Waals surface area (Å²) in [5.41, 5.74) is 5.52. The molecule has 1 unspecified atom stereocenters. The van der Waals surface area contributed by atoms with Crippen LogP contribution in [0.2, 0.25) is 0 Å². The maximum atomic E-state index is 12.2. The van der Waals surface area contributed by atoms with E-state index in [0.717, 1.165) is 38.8 Å². The van der Waals surface area contributed by atoms with Gasteiger partial charge in [-0.15, -0.1) is 0 Å². The molecule has 21 heavy (non-hydrogen) atoms. The van der Waals surface area contributed by atoms with Crippen molar-refractivity contribution in [3.8, 4) is 0 Å². The minimum absolute atomic E-state index is 0.135. The molecule has 0 aromatic carbocycles. The molecular weight excluding hydrogens is 266 g/mol. The summed E-state index contributed by atoms with van der Waals surface area (Å²) in [6.07, 6.45) is 6.68. The summed E-state index contributed by atoms with van der Waals surface area (Å²) < 4.78 is 5.49. The summed E-state index contributed by atoms with van der Waals surface area (Å²) in [7, 11) is 0. The summed E-state index contributed by atoms with van der Waals surface area (Å²) in [6.45, 7) is 7.51. The summed E-state index contributed by atoms with van der Waals surface area (Å²) in [5, 5.41) is 3.57. The summed E-state index contributed by atoms with van der Waals surface area (Å²) in [4.78, 5) is 14.1. The number of nitrogens with two attached hydrogens (primary N) is 1. The van der Waals surface area contributed by atoms with Crippen LogP contribution in [-0.2, 0) is 4.74 Å². The van der Waals surface area contributed by atoms with E-state index in [1.165, 1.54) is 12.8 Å². The van der Waals surface area contributed by atoms with Crippen molar-refractivity contribution in [2.75, 3.05) is 13.1 Å². The van der Waals surface area contributed by atoms with E-state index in [1.54, 1.807) is 0 Å². The van der Waals surface area contributed by atoms with Gasteiger partial charge < -0.3 is 10.5 Å². The number of nitrogens with one attached hydrogen (secondary N) is 1. The molecule has 1 heterocycles. The molecular formula is C16H31N3O2. The Morgan fingerprint density at radius 3 is 2.52 bits per heavy atom. The van der Waals surface area contributed by atoms with Crippen LogP contribution in [0.15, 0.2) is 0 Å². The van der Waals surface area contributed by atoms with E-state index in [-0.39, 0.29) is 12.3 Å². The second-order valence-electron chi connectivity index (χ2n) is 7.52. The van der Waals surface area contributed by atoms with Crippen LogP contribution in [0.3, 0.4) is 0 Å². The lowest BCUT2D eigenvalue weighted by atomic mass is 9.86. The number of nitrogens with zero attached hydrogens (tertiary/aromatic N) is 1. The van der Waals surface area contributed by atoms with Gasteiger partial charge in [0.05, 0.1) is 6.17 Å². The fourth-order valence-corrected chi connectivity index (χ4v) is 3.21. The van der Waals surface area contributed by atoms with Gasteiger partial charge in [-0.3, -0.25) is 10.2 Å². The van der Waals surface area contributed by atoms with Crippen LogP contribution in [0.1, 0.15) is 59.3 Å². The Morgan fingerprint density at radius 1 is 1.24 bits per heavy atom. The zero-order chi connectivity index (χ0) is 15.5. The minimum Gasteiger partial charge on any atom is -0.444 e. The number of carbonyl (C=O) groups is 1. The van der Waals surface area contributed by atoms with Crippen LogP contribution in [0, 0.1) is 5.92 Å². The van der Waals surface area contributed by atoms with E-state index in [0.29, 0.717) is 12.0 Å². The van der Waals surface area contributed by atoms with Gasteiger partial charge in [-0.2, -0.15) is 0 Å². The van der Waals surface area contributed by atoms with Gasteiger partial charge in [0, 0.05) is 12.6 Å². The molecule has 1 saturated carbocycles. The van der Waals surface area contributed by atoms with Crippen LogP contribution in [0.25, 0.3) is 0 Å². The van der Waals surface area contributed by atoms with E-state index in [2.05, 4.69) is 5.32 Å². The van der Waals surface area contributed by atoms with Gasteiger partial charge in [0.15, 0.2) is 0 Å². The third-order valence-electron chi connectivity index (χ3n) is 4.41. The SMILES string of the molecule is CC(C)(C)OC(=O)N1CCCC1NCC1CCC(N)CC1. The molecule has 1 aliphatic heterocycles. The van der Waals surface area contributed by atoms with Crippen LogP contribution in [0.5, 0.6) is 0 Å². The maximum Gasteiger partial charge on any atom is 0.411 e.